The molecular weight excluding hydrogens is 326 g/mol. The zero-order chi connectivity index (χ0) is 18.6. The van der Waals surface area contributed by atoms with E-state index in [9.17, 15) is 14.7 Å². The van der Waals surface area contributed by atoms with Crippen LogP contribution in [0.4, 0.5) is 0 Å². The Morgan fingerprint density at radius 2 is 2.04 bits per heavy atom. The molecule has 3 aliphatic rings. The summed E-state index contributed by atoms with van der Waals surface area (Å²) in [6.07, 6.45) is 5.67. The minimum absolute atomic E-state index is 0.113. The lowest BCUT2D eigenvalue weighted by atomic mass is 9.84. The average molecular weight is 351 g/mol. The molecule has 0 amide bonds. The normalized spacial score (nSPS) is 27.4. The highest BCUT2D eigenvalue weighted by Gasteiger charge is 2.37. The van der Waals surface area contributed by atoms with Gasteiger partial charge in [0.05, 0.1) is 5.56 Å². The highest BCUT2D eigenvalue weighted by atomic mass is 16.4. The molecule has 2 unspecified atom stereocenters. The van der Waals surface area contributed by atoms with Gasteiger partial charge in [-0.3, -0.25) is 4.79 Å². The van der Waals surface area contributed by atoms with Crippen LogP contribution in [0, 0.1) is 11.8 Å². The zero-order valence-corrected chi connectivity index (χ0v) is 15.6. The Labute approximate surface area is 154 Å². The molecule has 26 heavy (non-hydrogen) atoms. The van der Waals surface area contributed by atoms with Gasteiger partial charge in [0, 0.05) is 22.9 Å². The molecule has 4 rings (SSSR count). The van der Waals surface area contributed by atoms with E-state index in [-0.39, 0.29) is 11.3 Å². The summed E-state index contributed by atoms with van der Waals surface area (Å²) in [4.78, 5) is 24.3. The molecular formula is C22H25NO3. The Kier molecular flexibility index (Phi) is 3.83. The number of rotatable bonds is 3. The fourth-order valence-electron chi connectivity index (χ4n) is 4.91. The Morgan fingerprint density at radius 1 is 1.27 bits per heavy atom. The number of carboxylic acid groups (broad SMARTS) is 1. The van der Waals surface area contributed by atoms with Crippen LogP contribution in [0.3, 0.4) is 0 Å². The SMILES string of the molecule is CC1CC2CC(C(=O)/C=C3\NC(C)(C)Cc4cc(C(=O)O)ccc43)=C1C2. The molecule has 2 atom stereocenters. The first-order chi connectivity index (χ1) is 12.2. The van der Waals surface area contributed by atoms with E-state index in [1.165, 1.54) is 12.0 Å². The molecule has 4 nitrogen and oxygen atoms in total. The molecule has 2 bridgehead atoms. The van der Waals surface area contributed by atoms with E-state index in [0.29, 0.717) is 17.4 Å². The number of allylic oxidation sites excluding steroid dienone is 3. The predicted octanol–water partition coefficient (Wildman–Crippen LogP) is 3.97. The quantitative estimate of drug-likeness (QED) is 0.809. The van der Waals surface area contributed by atoms with Gasteiger partial charge < -0.3 is 10.4 Å². The second kappa shape index (κ2) is 5.83. The highest BCUT2D eigenvalue weighted by Crippen LogP contribution is 2.48. The minimum atomic E-state index is -0.923. The lowest BCUT2D eigenvalue weighted by Gasteiger charge is -2.35. The minimum Gasteiger partial charge on any atom is -0.478 e. The number of fused-ring (bicyclic) bond motifs is 3. The van der Waals surface area contributed by atoms with Crippen LogP contribution in [0.25, 0.3) is 5.70 Å². The second-order valence-corrected chi connectivity index (χ2v) is 8.70. The van der Waals surface area contributed by atoms with Crippen LogP contribution in [-0.4, -0.2) is 22.4 Å². The van der Waals surface area contributed by atoms with Gasteiger partial charge in [-0.2, -0.15) is 0 Å². The summed E-state index contributed by atoms with van der Waals surface area (Å²) in [5.74, 6) is 0.377. The number of aromatic carboxylic acids is 1. The van der Waals surface area contributed by atoms with Crippen LogP contribution in [0.1, 0.15) is 61.5 Å². The van der Waals surface area contributed by atoms with Crippen molar-refractivity contribution < 1.29 is 14.7 Å². The average Bonchev–Trinajstić information content (AvgIpc) is 3.12. The Hall–Kier alpha value is -2.36. The van der Waals surface area contributed by atoms with Gasteiger partial charge in [0.1, 0.15) is 0 Å². The summed E-state index contributed by atoms with van der Waals surface area (Å²) >= 11 is 0. The van der Waals surface area contributed by atoms with E-state index in [1.807, 2.05) is 6.07 Å². The van der Waals surface area contributed by atoms with Crippen molar-refractivity contribution >= 4 is 17.4 Å². The van der Waals surface area contributed by atoms with E-state index in [1.54, 1.807) is 18.2 Å². The second-order valence-electron chi connectivity index (χ2n) is 8.70. The third-order valence-electron chi connectivity index (χ3n) is 5.99. The molecule has 0 aromatic heterocycles. The maximum absolute atomic E-state index is 13.0. The van der Waals surface area contributed by atoms with Crippen molar-refractivity contribution in [3.05, 3.63) is 52.1 Å². The first kappa shape index (κ1) is 17.1. The maximum atomic E-state index is 13.0. The van der Waals surface area contributed by atoms with Crippen molar-refractivity contribution in [2.45, 2.75) is 52.0 Å². The molecule has 1 heterocycles. The molecule has 1 aromatic rings. The zero-order valence-electron chi connectivity index (χ0n) is 15.6. The number of hydrogen-bond donors (Lipinski definition) is 2. The molecule has 4 heteroatoms. The van der Waals surface area contributed by atoms with Crippen LogP contribution >= 0.6 is 0 Å². The molecule has 0 radical (unpaired) electrons. The molecule has 1 fully saturated rings. The molecule has 1 aliphatic heterocycles. The lowest BCUT2D eigenvalue weighted by molar-refractivity contribution is -0.111. The van der Waals surface area contributed by atoms with Gasteiger partial charge in [0.25, 0.3) is 0 Å². The summed E-state index contributed by atoms with van der Waals surface area (Å²) in [5, 5.41) is 12.7. The van der Waals surface area contributed by atoms with Crippen LogP contribution in [0.15, 0.2) is 35.4 Å². The van der Waals surface area contributed by atoms with Crippen molar-refractivity contribution in [2.24, 2.45) is 11.8 Å². The topological polar surface area (TPSA) is 66.4 Å². The molecule has 136 valence electrons. The van der Waals surface area contributed by atoms with Crippen molar-refractivity contribution in [3.63, 3.8) is 0 Å². The third kappa shape index (κ3) is 2.87. The Balaban J connectivity index is 1.73. The number of benzene rings is 1. The first-order valence-electron chi connectivity index (χ1n) is 9.36. The smallest absolute Gasteiger partial charge is 0.335 e. The number of carbonyl (C=O) groups is 2. The van der Waals surface area contributed by atoms with E-state index in [2.05, 4.69) is 26.1 Å². The van der Waals surface area contributed by atoms with Gasteiger partial charge in [-0.25, -0.2) is 4.79 Å². The van der Waals surface area contributed by atoms with Crippen LogP contribution in [-0.2, 0) is 11.2 Å². The van der Waals surface area contributed by atoms with Crippen LogP contribution < -0.4 is 5.32 Å². The van der Waals surface area contributed by atoms with E-state index in [0.717, 1.165) is 41.7 Å². The summed E-state index contributed by atoms with van der Waals surface area (Å²) in [5.41, 5.74) is 5.15. The van der Waals surface area contributed by atoms with Gasteiger partial charge in [-0.15, -0.1) is 0 Å². The molecule has 1 saturated carbocycles. The fraction of sp³-hybridized carbons (Fsp3) is 0.455. The van der Waals surface area contributed by atoms with Crippen molar-refractivity contribution in [3.8, 4) is 0 Å². The number of hydrogen-bond acceptors (Lipinski definition) is 3. The van der Waals surface area contributed by atoms with E-state index in [4.69, 9.17) is 0 Å². The van der Waals surface area contributed by atoms with Crippen molar-refractivity contribution in [1.29, 1.82) is 0 Å². The molecule has 2 N–H and O–H groups in total. The Bertz CT molecular complexity index is 875. The lowest BCUT2D eigenvalue weighted by Crippen LogP contribution is -2.44. The summed E-state index contributed by atoms with van der Waals surface area (Å²) < 4.78 is 0. The number of nitrogens with one attached hydrogen (secondary N) is 1. The monoisotopic (exact) mass is 351 g/mol. The highest BCUT2D eigenvalue weighted by molar-refractivity contribution is 6.09. The van der Waals surface area contributed by atoms with Crippen molar-refractivity contribution in [1.82, 2.24) is 5.32 Å². The molecule has 0 spiro atoms. The van der Waals surface area contributed by atoms with Gasteiger partial charge in [-0.05, 0) is 74.6 Å². The number of carboxylic acids is 1. The van der Waals surface area contributed by atoms with Gasteiger partial charge in [-0.1, -0.05) is 18.6 Å². The van der Waals surface area contributed by atoms with E-state index < -0.39 is 5.97 Å². The summed E-state index contributed by atoms with van der Waals surface area (Å²) in [6, 6.07) is 5.17. The van der Waals surface area contributed by atoms with Gasteiger partial charge >= 0.3 is 5.97 Å². The summed E-state index contributed by atoms with van der Waals surface area (Å²) in [7, 11) is 0. The fourth-order valence-corrected chi connectivity index (χ4v) is 4.91. The standard InChI is InChI=1S/C22H25NO3/c1-12-6-13-7-17(12)18(8-13)20(24)10-19-16-5-4-14(21(25)26)9-15(16)11-22(2,3)23-19/h4-5,9-10,12-13,23H,6-8,11H2,1-3H3,(H,25,26)/b19-10-. The third-order valence-corrected chi connectivity index (χ3v) is 5.99. The van der Waals surface area contributed by atoms with Crippen LogP contribution in [0.2, 0.25) is 0 Å². The molecule has 1 aromatic carbocycles. The number of carbonyl (C=O) groups excluding carboxylic acids is 1. The predicted molar refractivity (Wildman–Crippen MR) is 101 cm³/mol. The van der Waals surface area contributed by atoms with Crippen molar-refractivity contribution in [2.75, 3.05) is 0 Å². The number of ketones is 1. The summed E-state index contributed by atoms with van der Waals surface area (Å²) in [6.45, 7) is 6.37. The largest absolute Gasteiger partial charge is 0.478 e. The Morgan fingerprint density at radius 3 is 2.69 bits per heavy atom. The van der Waals surface area contributed by atoms with Gasteiger partial charge in [0.2, 0.25) is 0 Å². The maximum Gasteiger partial charge on any atom is 0.335 e. The van der Waals surface area contributed by atoms with Gasteiger partial charge in [0.15, 0.2) is 5.78 Å². The van der Waals surface area contributed by atoms with E-state index >= 15 is 0 Å². The molecule has 0 saturated heterocycles. The van der Waals surface area contributed by atoms with Crippen LogP contribution in [0.5, 0.6) is 0 Å². The first-order valence-corrected chi connectivity index (χ1v) is 9.36. The molecule has 2 aliphatic carbocycles.